The van der Waals surface area contributed by atoms with Crippen molar-refractivity contribution < 1.29 is 28.3 Å². The van der Waals surface area contributed by atoms with E-state index in [4.69, 9.17) is 8.83 Å². The topological polar surface area (TPSA) is 77.8 Å². The Kier molecular flexibility index (Phi) is 6.32. The third kappa shape index (κ3) is 4.66. The van der Waals surface area contributed by atoms with E-state index in [-0.39, 0.29) is 19.5 Å². The van der Waals surface area contributed by atoms with E-state index in [9.17, 15) is 0 Å². The molecule has 0 radical (unpaired) electrons. The van der Waals surface area contributed by atoms with Crippen LogP contribution in [-0.2, 0) is 19.5 Å². The van der Waals surface area contributed by atoms with E-state index in [1.165, 1.54) is 0 Å². The Hall–Kier alpha value is -2.66. The van der Waals surface area contributed by atoms with E-state index in [2.05, 4.69) is 33.2 Å². The maximum absolute atomic E-state index is 4.87. The number of benzene rings is 2. The van der Waals surface area contributed by atoms with Crippen LogP contribution in [0.2, 0.25) is 0 Å². The Morgan fingerprint density at radius 2 is 1.00 bits per heavy atom. The third-order valence-corrected chi connectivity index (χ3v) is 2.69. The minimum Gasteiger partial charge on any atom is -0.609 e. The van der Waals surface area contributed by atoms with Gasteiger partial charge in [0.05, 0.1) is 24.6 Å². The van der Waals surface area contributed by atoms with Crippen molar-refractivity contribution in [3.63, 3.8) is 0 Å². The van der Waals surface area contributed by atoms with E-state index >= 15 is 0 Å². The first-order chi connectivity index (χ1) is 10.9. The Labute approximate surface area is 145 Å². The molecule has 0 amide bonds. The number of nitrogens with zero attached hydrogens (tertiary/aromatic N) is 4. The summed E-state index contributed by atoms with van der Waals surface area (Å²) in [5.74, 6) is 1.01. The van der Waals surface area contributed by atoms with Crippen LogP contribution < -0.4 is 0 Å². The van der Waals surface area contributed by atoms with Gasteiger partial charge in [0.15, 0.2) is 0 Å². The maximum Gasteiger partial charge on any atom is 2.00 e. The van der Waals surface area contributed by atoms with Gasteiger partial charge in [0.2, 0.25) is 0 Å². The minimum absolute atomic E-state index is 0. The van der Waals surface area contributed by atoms with Gasteiger partial charge in [0.1, 0.15) is 0 Å². The Morgan fingerprint density at radius 3 is 1.30 bits per heavy atom. The summed E-state index contributed by atoms with van der Waals surface area (Å²) >= 11 is 0. The average molecular weight is 356 g/mol. The molecule has 23 heavy (non-hydrogen) atoms. The molecule has 0 saturated heterocycles. The SMILES string of the molecule is [Zn+2].[c-]1nnc(-c2ccccc2)o1.[c-]1nnc(-c2ccccc2)o1. The van der Waals surface area contributed by atoms with Gasteiger partial charge in [0, 0.05) is 0 Å². The predicted octanol–water partition coefficient (Wildman–Crippen LogP) is 3.07. The number of aromatic nitrogens is 4. The van der Waals surface area contributed by atoms with Crippen LogP contribution in [-0.4, -0.2) is 20.4 Å². The van der Waals surface area contributed by atoms with E-state index in [1.807, 2.05) is 60.7 Å². The second-order valence-electron chi connectivity index (χ2n) is 4.13. The van der Waals surface area contributed by atoms with Crippen molar-refractivity contribution in [2.24, 2.45) is 0 Å². The van der Waals surface area contributed by atoms with Crippen molar-refractivity contribution in [1.82, 2.24) is 20.4 Å². The summed E-state index contributed by atoms with van der Waals surface area (Å²) in [6.07, 6.45) is 4.58. The maximum atomic E-state index is 4.87. The molecule has 4 rings (SSSR count). The molecule has 0 saturated carbocycles. The molecule has 7 heteroatoms. The van der Waals surface area contributed by atoms with Crippen LogP contribution >= 0.6 is 0 Å². The van der Waals surface area contributed by atoms with Gasteiger partial charge in [-0.25, -0.2) is 20.4 Å². The summed E-state index contributed by atoms with van der Waals surface area (Å²) in [6.45, 7) is 0. The molecule has 2 aromatic heterocycles. The molecule has 0 fully saturated rings. The van der Waals surface area contributed by atoms with Crippen LogP contribution in [0.5, 0.6) is 0 Å². The molecule has 0 aliphatic rings. The second-order valence-corrected chi connectivity index (χ2v) is 4.13. The third-order valence-electron chi connectivity index (χ3n) is 2.69. The Balaban J connectivity index is 0.000000160. The van der Waals surface area contributed by atoms with E-state index in [1.54, 1.807) is 0 Å². The average Bonchev–Trinajstić information content (AvgIpc) is 3.31. The Morgan fingerprint density at radius 1 is 0.609 bits per heavy atom. The molecule has 0 spiro atoms. The van der Waals surface area contributed by atoms with Gasteiger partial charge < -0.3 is 8.83 Å². The van der Waals surface area contributed by atoms with Crippen LogP contribution in [0.25, 0.3) is 22.9 Å². The van der Waals surface area contributed by atoms with Gasteiger partial charge in [-0.2, -0.15) is 0 Å². The van der Waals surface area contributed by atoms with E-state index in [0.29, 0.717) is 11.8 Å². The van der Waals surface area contributed by atoms with Crippen molar-refractivity contribution in [2.75, 3.05) is 0 Å². The molecule has 0 aliphatic heterocycles. The standard InChI is InChI=1S/2C8H5N2O.Zn/c2*1-2-4-7(5-3-1)8-10-9-6-11-8;/h2*1-5H;/q2*-1;+2. The Bertz CT molecular complexity index is 706. The van der Waals surface area contributed by atoms with Gasteiger partial charge in [-0.15, -0.1) is 0 Å². The fourth-order valence-electron chi connectivity index (χ4n) is 1.69. The molecule has 2 aromatic carbocycles. The summed E-state index contributed by atoms with van der Waals surface area (Å²) in [7, 11) is 0. The first-order valence-electron chi connectivity index (χ1n) is 6.43. The molecule has 0 aliphatic carbocycles. The monoisotopic (exact) mass is 354 g/mol. The van der Waals surface area contributed by atoms with Gasteiger partial charge in [0.25, 0.3) is 0 Å². The number of hydrogen-bond donors (Lipinski definition) is 0. The largest absolute Gasteiger partial charge is 2.00 e. The predicted molar refractivity (Wildman–Crippen MR) is 77.1 cm³/mol. The van der Waals surface area contributed by atoms with Crippen LogP contribution in [0, 0.1) is 12.8 Å². The zero-order valence-corrected chi connectivity index (χ0v) is 15.1. The van der Waals surface area contributed by atoms with Crippen LogP contribution in [0.15, 0.2) is 69.5 Å². The minimum atomic E-state index is 0. The first kappa shape index (κ1) is 16.7. The zero-order chi connectivity index (χ0) is 15.0. The van der Waals surface area contributed by atoms with Crippen LogP contribution in [0.3, 0.4) is 0 Å². The molecule has 2 heterocycles. The van der Waals surface area contributed by atoms with Crippen LogP contribution in [0.1, 0.15) is 0 Å². The normalized spacial score (nSPS) is 9.39. The summed E-state index contributed by atoms with van der Waals surface area (Å²) < 4.78 is 9.74. The van der Waals surface area contributed by atoms with E-state index in [0.717, 1.165) is 11.1 Å². The number of rotatable bonds is 2. The van der Waals surface area contributed by atoms with Gasteiger partial charge in [-0.05, 0) is 11.1 Å². The molecule has 0 N–H and O–H groups in total. The quantitative estimate of drug-likeness (QED) is 0.406. The second kappa shape index (κ2) is 8.71. The summed E-state index contributed by atoms with van der Waals surface area (Å²) in [4.78, 5) is 0. The molecule has 108 valence electrons. The smallest absolute Gasteiger partial charge is 0.609 e. The van der Waals surface area contributed by atoms with Crippen molar-refractivity contribution in [2.45, 2.75) is 0 Å². The zero-order valence-electron chi connectivity index (χ0n) is 12.1. The fourth-order valence-corrected chi connectivity index (χ4v) is 1.69. The van der Waals surface area contributed by atoms with E-state index < -0.39 is 0 Å². The van der Waals surface area contributed by atoms with Gasteiger partial charge in [-0.3, -0.25) is 0 Å². The molecular formula is C16H10N4O2Zn. The molecule has 0 atom stereocenters. The van der Waals surface area contributed by atoms with Crippen LogP contribution in [0.4, 0.5) is 0 Å². The van der Waals surface area contributed by atoms with Gasteiger partial charge >= 0.3 is 19.5 Å². The molecule has 6 nitrogen and oxygen atoms in total. The van der Waals surface area contributed by atoms with Crippen molar-refractivity contribution in [1.29, 1.82) is 0 Å². The van der Waals surface area contributed by atoms with Crippen molar-refractivity contribution in [3.05, 3.63) is 73.5 Å². The molecule has 4 aromatic rings. The fraction of sp³-hybridized carbons (Fsp3) is 0. The summed E-state index contributed by atoms with van der Waals surface area (Å²) in [5, 5.41) is 14.3. The first-order valence-corrected chi connectivity index (χ1v) is 6.43. The van der Waals surface area contributed by atoms with Crippen molar-refractivity contribution >= 4 is 0 Å². The summed E-state index contributed by atoms with van der Waals surface area (Å²) in [5.41, 5.74) is 1.84. The molecular weight excluding hydrogens is 346 g/mol. The summed E-state index contributed by atoms with van der Waals surface area (Å²) in [6, 6.07) is 19.1. The van der Waals surface area contributed by atoms with Crippen molar-refractivity contribution in [3.8, 4) is 22.9 Å². The molecule has 0 unspecified atom stereocenters. The molecule has 0 bridgehead atoms. The number of hydrogen-bond acceptors (Lipinski definition) is 6. The van der Waals surface area contributed by atoms with Gasteiger partial charge in [-0.1, -0.05) is 60.7 Å².